The summed E-state index contributed by atoms with van der Waals surface area (Å²) in [5.41, 5.74) is 1.84. The largest absolute Gasteiger partial charge is 0.383 e. The number of nitrogens with zero attached hydrogens (tertiary/aromatic N) is 1. The van der Waals surface area contributed by atoms with E-state index in [1.54, 1.807) is 12.1 Å². The Morgan fingerprint density at radius 2 is 2.20 bits per heavy atom. The molecule has 1 saturated heterocycles. The maximum absolute atomic E-state index is 13.6. The minimum absolute atomic E-state index is 0.0646. The van der Waals surface area contributed by atoms with Crippen LogP contribution in [0, 0.1) is 5.82 Å². The van der Waals surface area contributed by atoms with Crippen LogP contribution in [0.1, 0.15) is 12.0 Å². The molecular formula is C12H15FN2. The Morgan fingerprint density at radius 3 is 2.93 bits per heavy atom. The van der Waals surface area contributed by atoms with Crippen LogP contribution in [-0.2, 0) is 6.42 Å². The lowest BCUT2D eigenvalue weighted by Gasteiger charge is -2.41. The van der Waals surface area contributed by atoms with Crippen LogP contribution in [0.15, 0.2) is 18.2 Å². The van der Waals surface area contributed by atoms with E-state index in [9.17, 15) is 4.39 Å². The average Bonchev–Trinajstić information content (AvgIpc) is 2.17. The van der Waals surface area contributed by atoms with Gasteiger partial charge in [-0.3, -0.25) is 4.90 Å². The molecule has 2 heterocycles. The molecule has 1 N–H and O–H groups in total. The summed E-state index contributed by atoms with van der Waals surface area (Å²) in [6.45, 7) is 3.31. The second kappa shape index (κ2) is 3.49. The highest BCUT2D eigenvalue weighted by atomic mass is 19.1. The van der Waals surface area contributed by atoms with Gasteiger partial charge in [0.2, 0.25) is 0 Å². The monoisotopic (exact) mass is 206 g/mol. The van der Waals surface area contributed by atoms with E-state index < -0.39 is 0 Å². The Balaban J connectivity index is 1.85. The molecule has 1 unspecified atom stereocenters. The van der Waals surface area contributed by atoms with Crippen molar-refractivity contribution in [2.45, 2.75) is 18.9 Å². The summed E-state index contributed by atoms with van der Waals surface area (Å²) < 4.78 is 13.6. The molecular weight excluding hydrogens is 191 g/mol. The van der Waals surface area contributed by atoms with Crippen LogP contribution >= 0.6 is 0 Å². The summed E-state index contributed by atoms with van der Waals surface area (Å²) in [5, 5.41) is 3.32. The SMILES string of the molecule is Fc1cccc2c1CC(N1CCC1)CN2. The van der Waals surface area contributed by atoms with Gasteiger partial charge in [-0.1, -0.05) is 6.07 Å². The number of likely N-dealkylation sites (tertiary alicyclic amines) is 1. The van der Waals surface area contributed by atoms with E-state index >= 15 is 0 Å². The third-order valence-electron chi connectivity index (χ3n) is 3.49. The fraction of sp³-hybridized carbons (Fsp3) is 0.500. The number of fused-ring (bicyclic) bond motifs is 1. The number of benzene rings is 1. The highest BCUT2D eigenvalue weighted by Crippen LogP contribution is 2.27. The highest BCUT2D eigenvalue weighted by molar-refractivity contribution is 5.54. The van der Waals surface area contributed by atoms with E-state index in [4.69, 9.17) is 0 Å². The molecule has 1 aromatic rings. The summed E-state index contributed by atoms with van der Waals surface area (Å²) in [4.78, 5) is 2.43. The van der Waals surface area contributed by atoms with Crippen molar-refractivity contribution in [3.05, 3.63) is 29.6 Å². The Labute approximate surface area is 89.1 Å². The van der Waals surface area contributed by atoms with Crippen LogP contribution in [0.3, 0.4) is 0 Å². The van der Waals surface area contributed by atoms with Crippen molar-refractivity contribution in [1.29, 1.82) is 0 Å². The zero-order chi connectivity index (χ0) is 10.3. The number of rotatable bonds is 1. The second-order valence-electron chi connectivity index (χ2n) is 4.39. The third kappa shape index (κ3) is 1.51. The van der Waals surface area contributed by atoms with Crippen molar-refractivity contribution < 1.29 is 4.39 Å². The van der Waals surface area contributed by atoms with E-state index in [0.29, 0.717) is 6.04 Å². The molecule has 1 fully saturated rings. The van der Waals surface area contributed by atoms with Crippen molar-refractivity contribution in [2.75, 3.05) is 25.0 Å². The van der Waals surface area contributed by atoms with E-state index in [0.717, 1.165) is 24.2 Å². The molecule has 0 saturated carbocycles. The Kier molecular flexibility index (Phi) is 2.13. The van der Waals surface area contributed by atoms with Gasteiger partial charge in [0.1, 0.15) is 5.82 Å². The van der Waals surface area contributed by atoms with Crippen LogP contribution in [0.2, 0.25) is 0 Å². The lowest BCUT2D eigenvalue weighted by molar-refractivity contribution is 0.121. The maximum Gasteiger partial charge on any atom is 0.128 e. The standard InChI is InChI=1S/C12H15FN2/c13-11-3-1-4-12-10(11)7-9(8-14-12)15-5-2-6-15/h1,3-4,9,14H,2,5-8H2. The van der Waals surface area contributed by atoms with Gasteiger partial charge in [0.05, 0.1) is 0 Å². The molecule has 0 aromatic heterocycles. The lowest BCUT2D eigenvalue weighted by Crippen LogP contribution is -2.50. The zero-order valence-electron chi connectivity index (χ0n) is 8.67. The molecule has 80 valence electrons. The Hall–Kier alpha value is -1.09. The van der Waals surface area contributed by atoms with Crippen molar-refractivity contribution in [1.82, 2.24) is 4.90 Å². The van der Waals surface area contributed by atoms with E-state index in [2.05, 4.69) is 10.2 Å². The zero-order valence-corrected chi connectivity index (χ0v) is 8.67. The summed E-state index contributed by atoms with van der Waals surface area (Å²) in [6, 6.07) is 5.78. The molecule has 2 nitrogen and oxygen atoms in total. The maximum atomic E-state index is 13.6. The fourth-order valence-electron chi connectivity index (χ4n) is 2.43. The molecule has 0 spiro atoms. The van der Waals surface area contributed by atoms with Crippen molar-refractivity contribution >= 4 is 5.69 Å². The normalized spacial score (nSPS) is 25.3. The number of hydrogen-bond donors (Lipinski definition) is 1. The molecule has 1 atom stereocenters. The van der Waals surface area contributed by atoms with Gasteiger partial charge >= 0.3 is 0 Å². The first-order valence-electron chi connectivity index (χ1n) is 5.60. The first-order chi connectivity index (χ1) is 7.34. The molecule has 2 aliphatic rings. The number of halogens is 1. The first-order valence-corrected chi connectivity index (χ1v) is 5.60. The molecule has 3 heteroatoms. The third-order valence-corrected chi connectivity index (χ3v) is 3.49. The smallest absolute Gasteiger partial charge is 0.128 e. The van der Waals surface area contributed by atoms with Gasteiger partial charge in [0.25, 0.3) is 0 Å². The van der Waals surface area contributed by atoms with Crippen LogP contribution < -0.4 is 5.32 Å². The molecule has 0 aliphatic carbocycles. The van der Waals surface area contributed by atoms with Crippen molar-refractivity contribution in [3.63, 3.8) is 0 Å². The summed E-state index contributed by atoms with van der Waals surface area (Å²) >= 11 is 0. The van der Waals surface area contributed by atoms with Crippen LogP contribution in [0.25, 0.3) is 0 Å². The number of anilines is 1. The molecule has 2 aliphatic heterocycles. The van der Waals surface area contributed by atoms with Crippen LogP contribution in [-0.4, -0.2) is 30.6 Å². The van der Waals surface area contributed by atoms with E-state index in [1.165, 1.54) is 19.5 Å². The van der Waals surface area contributed by atoms with Crippen LogP contribution in [0.4, 0.5) is 10.1 Å². The van der Waals surface area contributed by atoms with Gasteiger partial charge in [-0.05, 0) is 38.1 Å². The predicted octanol–water partition coefficient (Wildman–Crippen LogP) is 1.87. The van der Waals surface area contributed by atoms with Gasteiger partial charge in [0.15, 0.2) is 0 Å². The minimum atomic E-state index is -0.0646. The molecule has 0 bridgehead atoms. The van der Waals surface area contributed by atoms with E-state index in [-0.39, 0.29) is 5.82 Å². The van der Waals surface area contributed by atoms with Crippen molar-refractivity contribution in [3.8, 4) is 0 Å². The first kappa shape index (κ1) is 9.16. The molecule has 15 heavy (non-hydrogen) atoms. The fourth-order valence-corrected chi connectivity index (χ4v) is 2.43. The lowest BCUT2D eigenvalue weighted by atomic mass is 9.96. The Bertz CT molecular complexity index is 374. The summed E-state index contributed by atoms with van der Waals surface area (Å²) in [5.74, 6) is -0.0646. The number of nitrogens with one attached hydrogen (secondary N) is 1. The minimum Gasteiger partial charge on any atom is -0.383 e. The molecule has 1 aromatic carbocycles. The quantitative estimate of drug-likeness (QED) is 0.754. The van der Waals surface area contributed by atoms with Gasteiger partial charge in [-0.25, -0.2) is 4.39 Å². The summed E-state index contributed by atoms with van der Waals surface area (Å²) in [7, 11) is 0. The summed E-state index contributed by atoms with van der Waals surface area (Å²) in [6.07, 6.45) is 2.15. The molecule has 0 radical (unpaired) electrons. The van der Waals surface area contributed by atoms with Crippen molar-refractivity contribution in [2.24, 2.45) is 0 Å². The molecule has 3 rings (SSSR count). The van der Waals surface area contributed by atoms with E-state index in [1.807, 2.05) is 6.07 Å². The number of hydrogen-bond acceptors (Lipinski definition) is 2. The molecule has 0 amide bonds. The topological polar surface area (TPSA) is 15.3 Å². The van der Waals surface area contributed by atoms with Gasteiger partial charge in [0, 0.05) is 23.8 Å². The van der Waals surface area contributed by atoms with Gasteiger partial charge in [-0.2, -0.15) is 0 Å². The van der Waals surface area contributed by atoms with Gasteiger partial charge in [-0.15, -0.1) is 0 Å². The average molecular weight is 206 g/mol. The van der Waals surface area contributed by atoms with Crippen LogP contribution in [0.5, 0.6) is 0 Å². The Morgan fingerprint density at radius 1 is 1.33 bits per heavy atom. The second-order valence-corrected chi connectivity index (χ2v) is 4.39. The van der Waals surface area contributed by atoms with Gasteiger partial charge < -0.3 is 5.32 Å². The highest BCUT2D eigenvalue weighted by Gasteiger charge is 2.28. The predicted molar refractivity (Wildman–Crippen MR) is 58.6 cm³/mol.